The summed E-state index contributed by atoms with van der Waals surface area (Å²) < 4.78 is 11.0. The van der Waals surface area contributed by atoms with Crippen molar-refractivity contribution in [3.8, 4) is 11.5 Å². The van der Waals surface area contributed by atoms with Crippen LogP contribution in [0, 0.1) is 0 Å². The van der Waals surface area contributed by atoms with E-state index in [9.17, 15) is 0 Å². The molecule has 23 heavy (non-hydrogen) atoms. The number of unbranched alkanes of at least 4 members (excludes halogenated alkanes) is 2. The van der Waals surface area contributed by atoms with Crippen molar-refractivity contribution < 1.29 is 9.47 Å². The average Bonchev–Trinajstić information content (AvgIpc) is 2.56. The Bertz CT molecular complexity index is 604. The fourth-order valence-electron chi connectivity index (χ4n) is 2.09. The summed E-state index contributed by atoms with van der Waals surface area (Å²) in [5.41, 5.74) is 6.40. The molecule has 0 saturated heterocycles. The molecule has 2 rings (SSSR count). The highest BCUT2D eigenvalue weighted by molar-refractivity contribution is 7.99. The maximum Gasteiger partial charge on any atom is 0.162 e. The van der Waals surface area contributed by atoms with Gasteiger partial charge in [0.15, 0.2) is 11.5 Å². The predicted molar refractivity (Wildman–Crippen MR) is 98.9 cm³/mol. The van der Waals surface area contributed by atoms with Crippen molar-refractivity contribution in [2.75, 3.05) is 25.2 Å². The third-order valence-electron chi connectivity index (χ3n) is 3.32. The van der Waals surface area contributed by atoms with Crippen LogP contribution >= 0.6 is 23.4 Å². The standard InChI is InChI=1S/C18H22ClNO2S/c1-21-18-13-15(20)7-10-17(18)22-11-3-2-4-12-23-16-8-5-14(19)6-9-16/h5-10,13H,2-4,11-12,20H2,1H3. The lowest BCUT2D eigenvalue weighted by Crippen LogP contribution is -2.00. The summed E-state index contributed by atoms with van der Waals surface area (Å²) >= 11 is 7.73. The van der Waals surface area contributed by atoms with E-state index in [1.54, 1.807) is 13.2 Å². The summed E-state index contributed by atoms with van der Waals surface area (Å²) in [5, 5.41) is 0.782. The van der Waals surface area contributed by atoms with Gasteiger partial charge in [-0.3, -0.25) is 0 Å². The lowest BCUT2D eigenvalue weighted by Gasteiger charge is -2.11. The number of methoxy groups -OCH3 is 1. The van der Waals surface area contributed by atoms with E-state index in [1.165, 1.54) is 4.90 Å². The van der Waals surface area contributed by atoms with Crippen LogP contribution in [0.5, 0.6) is 11.5 Å². The highest BCUT2D eigenvalue weighted by Crippen LogP contribution is 2.29. The average molecular weight is 352 g/mol. The van der Waals surface area contributed by atoms with E-state index >= 15 is 0 Å². The van der Waals surface area contributed by atoms with Crippen molar-refractivity contribution in [3.05, 3.63) is 47.5 Å². The predicted octanol–water partition coefficient (Wildman–Crippen LogP) is 5.27. The number of nitrogens with two attached hydrogens (primary N) is 1. The molecule has 0 heterocycles. The van der Waals surface area contributed by atoms with Crippen LogP contribution in [0.15, 0.2) is 47.4 Å². The molecule has 2 aromatic rings. The molecule has 0 unspecified atom stereocenters. The van der Waals surface area contributed by atoms with Gasteiger partial charge in [0.2, 0.25) is 0 Å². The van der Waals surface area contributed by atoms with E-state index in [-0.39, 0.29) is 0 Å². The van der Waals surface area contributed by atoms with Gasteiger partial charge in [-0.1, -0.05) is 11.6 Å². The zero-order valence-corrected chi connectivity index (χ0v) is 14.8. The molecule has 0 aliphatic carbocycles. The molecule has 0 fully saturated rings. The first-order valence-corrected chi connectivity index (χ1v) is 9.00. The number of rotatable bonds is 9. The van der Waals surface area contributed by atoms with Crippen molar-refractivity contribution >= 4 is 29.1 Å². The van der Waals surface area contributed by atoms with Crippen molar-refractivity contribution in [3.63, 3.8) is 0 Å². The van der Waals surface area contributed by atoms with Gasteiger partial charge in [-0.2, -0.15) is 0 Å². The summed E-state index contributed by atoms with van der Waals surface area (Å²) in [6.07, 6.45) is 3.32. The lowest BCUT2D eigenvalue weighted by atomic mass is 10.2. The fraction of sp³-hybridized carbons (Fsp3) is 0.333. The van der Waals surface area contributed by atoms with E-state index in [0.717, 1.165) is 35.8 Å². The van der Waals surface area contributed by atoms with Crippen LogP contribution in [-0.4, -0.2) is 19.5 Å². The van der Waals surface area contributed by atoms with Gasteiger partial charge in [0.05, 0.1) is 13.7 Å². The Kier molecular flexibility index (Phi) is 7.43. The minimum atomic E-state index is 0.674. The van der Waals surface area contributed by atoms with Crippen LogP contribution in [0.25, 0.3) is 0 Å². The number of ether oxygens (including phenoxy) is 2. The lowest BCUT2D eigenvalue weighted by molar-refractivity contribution is 0.286. The fourth-order valence-corrected chi connectivity index (χ4v) is 3.13. The molecule has 0 aliphatic heterocycles. The summed E-state index contributed by atoms with van der Waals surface area (Å²) in [6.45, 7) is 0.686. The maximum atomic E-state index is 5.87. The quantitative estimate of drug-likeness (QED) is 0.379. The maximum absolute atomic E-state index is 5.87. The Morgan fingerprint density at radius 2 is 1.78 bits per heavy atom. The largest absolute Gasteiger partial charge is 0.493 e. The first-order chi connectivity index (χ1) is 11.2. The number of nitrogen functional groups attached to an aromatic ring is 1. The van der Waals surface area contributed by atoms with Crippen molar-refractivity contribution in [2.45, 2.75) is 24.2 Å². The van der Waals surface area contributed by atoms with Gasteiger partial charge < -0.3 is 15.2 Å². The minimum absolute atomic E-state index is 0.674. The molecular formula is C18H22ClNO2S. The molecule has 5 heteroatoms. The van der Waals surface area contributed by atoms with Crippen LogP contribution in [-0.2, 0) is 0 Å². The number of hydrogen-bond donors (Lipinski definition) is 1. The highest BCUT2D eigenvalue weighted by atomic mass is 35.5. The molecule has 0 atom stereocenters. The Hall–Kier alpha value is -1.52. The minimum Gasteiger partial charge on any atom is -0.493 e. The molecule has 2 N–H and O–H groups in total. The molecule has 0 radical (unpaired) electrons. The van der Waals surface area contributed by atoms with E-state index in [4.69, 9.17) is 26.8 Å². The van der Waals surface area contributed by atoms with Crippen LogP contribution in [0.1, 0.15) is 19.3 Å². The zero-order chi connectivity index (χ0) is 16.5. The third-order valence-corrected chi connectivity index (χ3v) is 4.67. The molecule has 0 saturated carbocycles. The van der Waals surface area contributed by atoms with E-state index in [2.05, 4.69) is 12.1 Å². The normalized spacial score (nSPS) is 10.5. The van der Waals surface area contributed by atoms with E-state index in [1.807, 2.05) is 36.0 Å². The second-order valence-corrected chi connectivity index (χ2v) is 6.73. The second kappa shape index (κ2) is 9.58. The van der Waals surface area contributed by atoms with Crippen molar-refractivity contribution in [2.24, 2.45) is 0 Å². The molecular weight excluding hydrogens is 330 g/mol. The molecule has 0 bridgehead atoms. The number of benzene rings is 2. The number of hydrogen-bond acceptors (Lipinski definition) is 4. The van der Waals surface area contributed by atoms with E-state index < -0.39 is 0 Å². The molecule has 2 aromatic carbocycles. The molecule has 0 amide bonds. The summed E-state index contributed by atoms with van der Waals surface area (Å²) in [5.74, 6) is 2.54. The number of thioether (sulfide) groups is 1. The smallest absolute Gasteiger partial charge is 0.162 e. The molecule has 3 nitrogen and oxygen atoms in total. The summed E-state index contributed by atoms with van der Waals surface area (Å²) in [7, 11) is 1.62. The van der Waals surface area contributed by atoms with Crippen LogP contribution in [0.2, 0.25) is 5.02 Å². The second-order valence-electron chi connectivity index (χ2n) is 5.12. The topological polar surface area (TPSA) is 44.5 Å². The first kappa shape index (κ1) is 17.8. The van der Waals surface area contributed by atoms with Gasteiger partial charge in [0.1, 0.15) is 0 Å². The summed E-state index contributed by atoms with van der Waals surface area (Å²) in [4.78, 5) is 1.26. The molecule has 124 valence electrons. The molecule has 0 aromatic heterocycles. The zero-order valence-electron chi connectivity index (χ0n) is 13.3. The summed E-state index contributed by atoms with van der Waals surface area (Å²) in [6, 6.07) is 13.4. The highest BCUT2D eigenvalue weighted by Gasteiger charge is 2.04. The Labute approximate surface area is 147 Å². The van der Waals surface area contributed by atoms with Crippen molar-refractivity contribution in [1.82, 2.24) is 0 Å². The SMILES string of the molecule is COc1cc(N)ccc1OCCCCCSc1ccc(Cl)cc1. The monoisotopic (exact) mass is 351 g/mol. The van der Waals surface area contributed by atoms with Crippen molar-refractivity contribution in [1.29, 1.82) is 0 Å². The Morgan fingerprint density at radius 1 is 1.00 bits per heavy atom. The molecule has 0 spiro atoms. The van der Waals surface area contributed by atoms with Gasteiger partial charge in [-0.25, -0.2) is 0 Å². The van der Waals surface area contributed by atoms with Gasteiger partial charge in [-0.05, 0) is 61.4 Å². The molecule has 0 aliphatic rings. The van der Waals surface area contributed by atoms with Gasteiger partial charge >= 0.3 is 0 Å². The van der Waals surface area contributed by atoms with Gasteiger partial charge in [0.25, 0.3) is 0 Å². The van der Waals surface area contributed by atoms with Crippen LogP contribution in [0.4, 0.5) is 5.69 Å². The number of anilines is 1. The Morgan fingerprint density at radius 3 is 2.52 bits per heavy atom. The van der Waals surface area contributed by atoms with E-state index in [0.29, 0.717) is 18.0 Å². The first-order valence-electron chi connectivity index (χ1n) is 7.64. The van der Waals surface area contributed by atoms with Crippen LogP contribution < -0.4 is 15.2 Å². The number of halogens is 1. The van der Waals surface area contributed by atoms with Crippen LogP contribution in [0.3, 0.4) is 0 Å². The Balaban J connectivity index is 1.60. The van der Waals surface area contributed by atoms with Gasteiger partial charge in [0, 0.05) is 21.7 Å². The van der Waals surface area contributed by atoms with Gasteiger partial charge in [-0.15, -0.1) is 11.8 Å². The third kappa shape index (κ3) is 6.24.